The predicted octanol–water partition coefficient (Wildman–Crippen LogP) is 4.52. The molecule has 0 aliphatic carbocycles. The summed E-state index contributed by atoms with van der Waals surface area (Å²) in [5.74, 6) is -0.208. The maximum Gasteiger partial charge on any atom is 0.255 e. The van der Waals surface area contributed by atoms with E-state index in [1.165, 1.54) is 10.6 Å². The quantitative estimate of drug-likeness (QED) is 0.652. The molecule has 0 aromatic heterocycles. The summed E-state index contributed by atoms with van der Waals surface area (Å²) in [5, 5.41) is 2.87. The molecule has 0 spiro atoms. The molecular weight excluding hydrogens is 384 g/mol. The van der Waals surface area contributed by atoms with Gasteiger partial charge in [-0.25, -0.2) is 8.42 Å². The van der Waals surface area contributed by atoms with Crippen molar-refractivity contribution in [3.63, 3.8) is 0 Å². The summed E-state index contributed by atoms with van der Waals surface area (Å²) < 4.78 is 26.0. The van der Waals surface area contributed by atoms with E-state index in [1.807, 2.05) is 56.3 Å². The molecule has 1 N–H and O–H groups in total. The average Bonchev–Trinajstić information content (AvgIpc) is 2.65. The van der Waals surface area contributed by atoms with E-state index in [9.17, 15) is 13.2 Å². The van der Waals surface area contributed by atoms with Gasteiger partial charge in [-0.15, -0.1) is 0 Å². The number of rotatable bonds is 6. The molecule has 0 heterocycles. The smallest absolute Gasteiger partial charge is 0.255 e. The van der Waals surface area contributed by atoms with E-state index in [1.54, 1.807) is 30.3 Å². The molecule has 0 saturated heterocycles. The van der Waals surface area contributed by atoms with Gasteiger partial charge in [0.05, 0.1) is 18.5 Å². The van der Waals surface area contributed by atoms with Gasteiger partial charge in [-0.1, -0.05) is 36.4 Å². The van der Waals surface area contributed by atoms with Crippen molar-refractivity contribution in [1.29, 1.82) is 0 Å². The Kier molecular flexibility index (Phi) is 6.03. The fourth-order valence-electron chi connectivity index (χ4n) is 3.04. The van der Waals surface area contributed by atoms with E-state index in [4.69, 9.17) is 0 Å². The first kappa shape index (κ1) is 20.6. The van der Waals surface area contributed by atoms with Crippen LogP contribution in [0.4, 0.5) is 11.4 Å². The molecule has 3 rings (SSSR count). The summed E-state index contributed by atoms with van der Waals surface area (Å²) >= 11 is 0. The minimum absolute atomic E-state index is 0.196. The first-order valence-electron chi connectivity index (χ1n) is 9.24. The lowest BCUT2D eigenvalue weighted by atomic mass is 10.1. The van der Waals surface area contributed by atoms with Crippen molar-refractivity contribution in [3.8, 4) is 0 Å². The van der Waals surface area contributed by atoms with Crippen molar-refractivity contribution in [2.75, 3.05) is 15.9 Å². The van der Waals surface area contributed by atoms with Crippen molar-refractivity contribution in [2.24, 2.45) is 0 Å². The molecule has 0 bridgehead atoms. The number of aryl methyl sites for hydroxylation is 2. The van der Waals surface area contributed by atoms with Crippen LogP contribution in [0.3, 0.4) is 0 Å². The second-order valence-corrected chi connectivity index (χ2v) is 9.04. The summed E-state index contributed by atoms with van der Waals surface area (Å²) in [7, 11) is -3.45. The first-order chi connectivity index (χ1) is 13.7. The molecule has 0 radical (unpaired) electrons. The average molecular weight is 409 g/mol. The largest absolute Gasteiger partial charge is 0.322 e. The molecule has 0 atom stereocenters. The maximum atomic E-state index is 12.5. The number of nitrogens with one attached hydrogen (secondary N) is 1. The van der Waals surface area contributed by atoms with Crippen molar-refractivity contribution >= 4 is 27.3 Å². The van der Waals surface area contributed by atoms with Crippen LogP contribution in [0.1, 0.15) is 27.0 Å². The number of anilines is 2. The van der Waals surface area contributed by atoms with Crippen LogP contribution in [0, 0.1) is 13.8 Å². The van der Waals surface area contributed by atoms with E-state index >= 15 is 0 Å². The molecule has 0 fully saturated rings. The first-order valence-corrected chi connectivity index (χ1v) is 11.1. The molecular formula is C23H24N2O3S. The van der Waals surface area contributed by atoms with Gasteiger partial charge in [0.1, 0.15) is 0 Å². The van der Waals surface area contributed by atoms with E-state index < -0.39 is 10.0 Å². The SMILES string of the molecule is Cc1cccc(NC(=O)c2ccc(CN(c3cccc(C)c3)S(C)(=O)=O)cc2)c1. The number of carbonyl (C=O) groups excluding carboxylic acids is 1. The van der Waals surface area contributed by atoms with Gasteiger partial charge in [-0.3, -0.25) is 9.10 Å². The highest BCUT2D eigenvalue weighted by Gasteiger charge is 2.18. The lowest BCUT2D eigenvalue weighted by Gasteiger charge is -2.23. The second-order valence-electron chi connectivity index (χ2n) is 7.13. The number of nitrogens with zero attached hydrogens (tertiary/aromatic N) is 1. The Hall–Kier alpha value is -3.12. The third-order valence-corrected chi connectivity index (χ3v) is 5.65. The Bertz CT molecular complexity index is 1120. The van der Waals surface area contributed by atoms with Crippen LogP contribution in [-0.2, 0) is 16.6 Å². The zero-order valence-electron chi connectivity index (χ0n) is 16.7. The van der Waals surface area contributed by atoms with Gasteiger partial charge < -0.3 is 5.32 Å². The molecule has 0 aliphatic heterocycles. The molecule has 6 heteroatoms. The molecule has 3 aromatic carbocycles. The Morgan fingerprint density at radius 3 is 2.10 bits per heavy atom. The topological polar surface area (TPSA) is 66.5 Å². The Morgan fingerprint density at radius 1 is 0.897 bits per heavy atom. The highest BCUT2D eigenvalue weighted by atomic mass is 32.2. The summed E-state index contributed by atoms with van der Waals surface area (Å²) in [4.78, 5) is 12.5. The molecule has 1 amide bonds. The van der Waals surface area contributed by atoms with Gasteiger partial charge in [-0.2, -0.15) is 0 Å². The lowest BCUT2D eigenvalue weighted by Crippen LogP contribution is -2.29. The predicted molar refractivity (Wildman–Crippen MR) is 118 cm³/mol. The maximum absolute atomic E-state index is 12.5. The highest BCUT2D eigenvalue weighted by Crippen LogP contribution is 2.22. The lowest BCUT2D eigenvalue weighted by molar-refractivity contribution is 0.102. The molecule has 0 saturated carbocycles. The minimum atomic E-state index is -3.45. The Balaban J connectivity index is 1.77. The van der Waals surface area contributed by atoms with Gasteiger partial charge in [-0.05, 0) is 66.9 Å². The van der Waals surface area contributed by atoms with Crippen LogP contribution in [0.5, 0.6) is 0 Å². The highest BCUT2D eigenvalue weighted by molar-refractivity contribution is 7.92. The second kappa shape index (κ2) is 8.49. The van der Waals surface area contributed by atoms with Crippen LogP contribution in [0.25, 0.3) is 0 Å². The van der Waals surface area contributed by atoms with Crippen LogP contribution in [0.2, 0.25) is 0 Å². The normalized spacial score (nSPS) is 11.1. The monoisotopic (exact) mass is 408 g/mol. The zero-order valence-corrected chi connectivity index (χ0v) is 17.5. The van der Waals surface area contributed by atoms with E-state index in [0.29, 0.717) is 11.3 Å². The van der Waals surface area contributed by atoms with Gasteiger partial charge in [0.25, 0.3) is 5.91 Å². The summed E-state index contributed by atoms with van der Waals surface area (Å²) in [6.07, 6.45) is 1.19. The fraction of sp³-hybridized carbons (Fsp3) is 0.174. The van der Waals surface area contributed by atoms with Gasteiger partial charge in [0, 0.05) is 11.3 Å². The Morgan fingerprint density at radius 2 is 1.52 bits per heavy atom. The van der Waals surface area contributed by atoms with Crippen LogP contribution < -0.4 is 9.62 Å². The molecule has 150 valence electrons. The van der Waals surface area contributed by atoms with Crippen LogP contribution in [-0.4, -0.2) is 20.6 Å². The molecule has 0 unspecified atom stereocenters. The molecule has 5 nitrogen and oxygen atoms in total. The van der Waals surface area contributed by atoms with Crippen molar-refractivity contribution in [2.45, 2.75) is 20.4 Å². The van der Waals surface area contributed by atoms with Gasteiger partial charge in [0.15, 0.2) is 0 Å². The minimum Gasteiger partial charge on any atom is -0.322 e. The molecule has 3 aromatic rings. The number of hydrogen-bond acceptors (Lipinski definition) is 3. The third kappa shape index (κ3) is 5.45. The van der Waals surface area contributed by atoms with E-state index in [-0.39, 0.29) is 12.5 Å². The standard InChI is InChI=1S/C23H24N2O3S/c1-17-6-4-8-21(14-17)24-23(26)20-12-10-19(11-13-20)16-25(29(3,27)28)22-9-5-7-18(2)15-22/h4-15H,16H2,1-3H3,(H,24,26). The van der Waals surface area contributed by atoms with Crippen molar-refractivity contribution in [3.05, 3.63) is 95.1 Å². The van der Waals surface area contributed by atoms with Crippen molar-refractivity contribution < 1.29 is 13.2 Å². The number of benzene rings is 3. The van der Waals surface area contributed by atoms with E-state index in [2.05, 4.69) is 5.32 Å². The van der Waals surface area contributed by atoms with Crippen LogP contribution >= 0.6 is 0 Å². The summed E-state index contributed by atoms with van der Waals surface area (Å²) in [5.41, 5.74) is 4.71. The number of carbonyl (C=O) groups is 1. The van der Waals surface area contributed by atoms with E-state index in [0.717, 1.165) is 22.4 Å². The molecule has 0 aliphatic rings. The third-order valence-electron chi connectivity index (χ3n) is 4.51. The van der Waals surface area contributed by atoms with Gasteiger partial charge in [0.2, 0.25) is 10.0 Å². The number of sulfonamides is 1. The fourth-order valence-corrected chi connectivity index (χ4v) is 3.92. The van der Waals surface area contributed by atoms with Crippen LogP contribution in [0.15, 0.2) is 72.8 Å². The van der Waals surface area contributed by atoms with Crippen molar-refractivity contribution in [1.82, 2.24) is 0 Å². The number of hydrogen-bond donors (Lipinski definition) is 1. The number of amides is 1. The van der Waals surface area contributed by atoms with Gasteiger partial charge >= 0.3 is 0 Å². The molecule has 29 heavy (non-hydrogen) atoms. The summed E-state index contributed by atoms with van der Waals surface area (Å²) in [6, 6.07) is 21.9. The Labute approximate surface area is 172 Å². The zero-order chi connectivity index (χ0) is 21.0. The summed E-state index contributed by atoms with van der Waals surface area (Å²) in [6.45, 7) is 4.08.